The van der Waals surface area contributed by atoms with Gasteiger partial charge in [0.2, 0.25) is 11.8 Å². The summed E-state index contributed by atoms with van der Waals surface area (Å²) >= 11 is 0.402. The molecule has 1 aliphatic carbocycles. The third-order valence-electron chi connectivity index (χ3n) is 4.12. The lowest BCUT2D eigenvalue weighted by Crippen LogP contribution is -2.30. The Morgan fingerprint density at radius 2 is 2.09 bits per heavy atom. The SMILES string of the molecule is O=C(Nc1ccccc1SC(F)F)C1CC(=O)N(CC2CC2)C1. The fourth-order valence-electron chi connectivity index (χ4n) is 2.74. The molecule has 3 rings (SSSR count). The highest BCUT2D eigenvalue weighted by Gasteiger charge is 2.37. The zero-order chi connectivity index (χ0) is 16.4. The van der Waals surface area contributed by atoms with Gasteiger partial charge in [-0.05, 0) is 30.9 Å². The Labute approximate surface area is 137 Å². The highest BCUT2D eigenvalue weighted by molar-refractivity contribution is 7.99. The van der Waals surface area contributed by atoms with Crippen LogP contribution in [-0.2, 0) is 9.59 Å². The van der Waals surface area contributed by atoms with Crippen LogP contribution in [0.25, 0.3) is 0 Å². The summed E-state index contributed by atoms with van der Waals surface area (Å²) in [7, 11) is 0. The summed E-state index contributed by atoms with van der Waals surface area (Å²) in [6.45, 7) is 1.16. The van der Waals surface area contributed by atoms with E-state index >= 15 is 0 Å². The van der Waals surface area contributed by atoms with Crippen LogP contribution in [0.15, 0.2) is 29.2 Å². The molecule has 0 aromatic heterocycles. The molecule has 2 amide bonds. The predicted octanol–water partition coefficient (Wildman–Crippen LogP) is 3.20. The average molecular weight is 340 g/mol. The lowest BCUT2D eigenvalue weighted by molar-refractivity contribution is -0.128. The van der Waals surface area contributed by atoms with E-state index in [1.54, 1.807) is 29.2 Å². The van der Waals surface area contributed by atoms with Gasteiger partial charge >= 0.3 is 0 Å². The Morgan fingerprint density at radius 3 is 2.78 bits per heavy atom. The monoisotopic (exact) mass is 340 g/mol. The van der Waals surface area contributed by atoms with Gasteiger partial charge in [-0.1, -0.05) is 23.9 Å². The maximum absolute atomic E-state index is 12.6. The first-order valence-electron chi connectivity index (χ1n) is 7.65. The standard InChI is InChI=1S/C16H18F2N2O2S/c17-16(18)23-13-4-2-1-3-12(13)19-15(22)11-7-14(21)20(9-11)8-10-5-6-10/h1-4,10-11,16H,5-9H2,(H,19,22). The number of carbonyl (C=O) groups excluding carboxylic acids is 2. The van der Waals surface area contributed by atoms with E-state index in [0.29, 0.717) is 34.8 Å². The number of para-hydroxylation sites is 1. The molecule has 0 spiro atoms. The Morgan fingerprint density at radius 1 is 1.35 bits per heavy atom. The van der Waals surface area contributed by atoms with Crippen molar-refractivity contribution in [2.75, 3.05) is 18.4 Å². The molecule has 0 bridgehead atoms. The van der Waals surface area contributed by atoms with Gasteiger partial charge in [-0.2, -0.15) is 8.78 Å². The van der Waals surface area contributed by atoms with Crippen molar-refractivity contribution in [3.05, 3.63) is 24.3 Å². The predicted molar refractivity (Wildman–Crippen MR) is 84.3 cm³/mol. The number of hydrogen-bond acceptors (Lipinski definition) is 3. The lowest BCUT2D eigenvalue weighted by Gasteiger charge is -2.16. The second-order valence-electron chi connectivity index (χ2n) is 6.01. The lowest BCUT2D eigenvalue weighted by atomic mass is 10.1. The molecular formula is C16H18F2N2O2S. The van der Waals surface area contributed by atoms with E-state index in [-0.39, 0.29) is 18.2 Å². The number of thioether (sulfide) groups is 1. The number of carbonyl (C=O) groups is 2. The van der Waals surface area contributed by atoms with E-state index in [1.807, 2.05) is 0 Å². The van der Waals surface area contributed by atoms with Crippen molar-refractivity contribution in [3.63, 3.8) is 0 Å². The van der Waals surface area contributed by atoms with Gasteiger partial charge in [0.25, 0.3) is 5.76 Å². The number of hydrogen-bond donors (Lipinski definition) is 1. The van der Waals surface area contributed by atoms with Crippen LogP contribution in [0.3, 0.4) is 0 Å². The second-order valence-corrected chi connectivity index (χ2v) is 7.04. The molecule has 1 aliphatic heterocycles. The maximum Gasteiger partial charge on any atom is 0.288 e. The summed E-state index contributed by atoms with van der Waals surface area (Å²) in [5.74, 6) is -2.64. The summed E-state index contributed by atoms with van der Waals surface area (Å²) < 4.78 is 25.1. The second kappa shape index (κ2) is 6.86. The molecule has 1 atom stereocenters. The highest BCUT2D eigenvalue weighted by Crippen LogP contribution is 2.34. The van der Waals surface area contributed by atoms with E-state index in [4.69, 9.17) is 0 Å². The molecule has 23 heavy (non-hydrogen) atoms. The number of likely N-dealkylation sites (tertiary alicyclic amines) is 1. The van der Waals surface area contributed by atoms with Crippen molar-refractivity contribution in [2.45, 2.75) is 29.9 Å². The zero-order valence-electron chi connectivity index (χ0n) is 12.5. The largest absolute Gasteiger partial charge is 0.342 e. The minimum Gasteiger partial charge on any atom is -0.342 e. The van der Waals surface area contributed by atoms with Crippen LogP contribution in [0.4, 0.5) is 14.5 Å². The van der Waals surface area contributed by atoms with Crippen LogP contribution in [-0.4, -0.2) is 35.6 Å². The van der Waals surface area contributed by atoms with Gasteiger partial charge in [0.15, 0.2) is 0 Å². The molecule has 124 valence electrons. The number of amides is 2. The van der Waals surface area contributed by atoms with E-state index in [2.05, 4.69) is 5.32 Å². The van der Waals surface area contributed by atoms with Gasteiger partial charge in [-0.25, -0.2) is 0 Å². The van der Waals surface area contributed by atoms with Crippen LogP contribution in [0.5, 0.6) is 0 Å². The van der Waals surface area contributed by atoms with Crippen LogP contribution in [0.1, 0.15) is 19.3 Å². The molecule has 4 nitrogen and oxygen atoms in total. The first kappa shape index (κ1) is 16.2. The third kappa shape index (κ3) is 4.22. The molecule has 2 fully saturated rings. The van der Waals surface area contributed by atoms with Crippen molar-refractivity contribution < 1.29 is 18.4 Å². The Kier molecular flexibility index (Phi) is 4.84. The number of benzene rings is 1. The summed E-state index contributed by atoms with van der Waals surface area (Å²) in [6, 6.07) is 6.48. The number of rotatable bonds is 6. The molecule has 1 heterocycles. The highest BCUT2D eigenvalue weighted by atomic mass is 32.2. The zero-order valence-corrected chi connectivity index (χ0v) is 13.3. The molecule has 1 N–H and O–H groups in total. The molecule has 1 saturated carbocycles. The van der Waals surface area contributed by atoms with Crippen molar-refractivity contribution in [1.82, 2.24) is 4.90 Å². The first-order chi connectivity index (χ1) is 11.0. The van der Waals surface area contributed by atoms with Crippen molar-refractivity contribution in [1.29, 1.82) is 0 Å². The topological polar surface area (TPSA) is 49.4 Å². The molecule has 1 aromatic rings. The molecule has 0 radical (unpaired) electrons. The van der Waals surface area contributed by atoms with E-state index in [0.717, 1.165) is 19.4 Å². The average Bonchev–Trinajstić information content (AvgIpc) is 3.23. The molecule has 1 unspecified atom stereocenters. The Hall–Kier alpha value is -1.63. The van der Waals surface area contributed by atoms with Crippen LogP contribution < -0.4 is 5.32 Å². The molecule has 2 aliphatic rings. The minimum atomic E-state index is -2.55. The molecule has 1 saturated heterocycles. The van der Waals surface area contributed by atoms with Gasteiger partial charge in [-0.15, -0.1) is 0 Å². The summed E-state index contributed by atoms with van der Waals surface area (Å²) in [6.07, 6.45) is 2.50. The normalized spacial score (nSPS) is 21.1. The number of nitrogens with one attached hydrogen (secondary N) is 1. The van der Waals surface area contributed by atoms with Crippen LogP contribution >= 0.6 is 11.8 Å². The summed E-state index contributed by atoms with van der Waals surface area (Å²) in [4.78, 5) is 26.4. The van der Waals surface area contributed by atoms with Gasteiger partial charge in [-0.3, -0.25) is 9.59 Å². The number of nitrogens with zero attached hydrogens (tertiary/aromatic N) is 1. The van der Waals surface area contributed by atoms with E-state index < -0.39 is 11.7 Å². The van der Waals surface area contributed by atoms with Crippen molar-refractivity contribution >= 4 is 29.3 Å². The fourth-order valence-corrected chi connectivity index (χ4v) is 3.33. The van der Waals surface area contributed by atoms with Gasteiger partial charge in [0, 0.05) is 24.4 Å². The van der Waals surface area contributed by atoms with Crippen molar-refractivity contribution in [2.24, 2.45) is 11.8 Å². The van der Waals surface area contributed by atoms with Crippen LogP contribution in [0.2, 0.25) is 0 Å². The van der Waals surface area contributed by atoms with Crippen molar-refractivity contribution in [3.8, 4) is 0 Å². The first-order valence-corrected chi connectivity index (χ1v) is 8.53. The third-order valence-corrected chi connectivity index (χ3v) is 4.91. The minimum absolute atomic E-state index is 0.00675. The summed E-state index contributed by atoms with van der Waals surface area (Å²) in [5, 5.41) is 2.70. The number of anilines is 1. The number of alkyl halides is 2. The Bertz CT molecular complexity index is 607. The van der Waals surface area contributed by atoms with Crippen LogP contribution in [0, 0.1) is 11.8 Å². The van der Waals surface area contributed by atoms with Gasteiger partial charge in [0.1, 0.15) is 0 Å². The van der Waals surface area contributed by atoms with E-state index in [1.165, 1.54) is 0 Å². The molecular weight excluding hydrogens is 322 g/mol. The maximum atomic E-state index is 12.6. The van der Waals surface area contributed by atoms with E-state index in [9.17, 15) is 18.4 Å². The number of halogens is 2. The quantitative estimate of drug-likeness (QED) is 0.809. The van der Waals surface area contributed by atoms with Gasteiger partial charge < -0.3 is 10.2 Å². The summed E-state index contributed by atoms with van der Waals surface area (Å²) in [5.41, 5.74) is 0.371. The smallest absolute Gasteiger partial charge is 0.288 e. The Balaban J connectivity index is 1.62. The molecule has 1 aromatic carbocycles. The molecule has 7 heteroatoms. The fraction of sp³-hybridized carbons (Fsp3) is 0.500. The van der Waals surface area contributed by atoms with Gasteiger partial charge in [0.05, 0.1) is 11.6 Å².